The van der Waals surface area contributed by atoms with Crippen LogP contribution in [-0.2, 0) is 6.18 Å². The third-order valence-electron chi connectivity index (χ3n) is 4.46. The average Bonchev–Trinajstić information content (AvgIpc) is 2.63. The minimum absolute atomic E-state index is 0.0514. The van der Waals surface area contributed by atoms with E-state index in [-0.39, 0.29) is 11.7 Å². The van der Waals surface area contributed by atoms with Crippen molar-refractivity contribution in [2.45, 2.75) is 20.0 Å². The van der Waals surface area contributed by atoms with Gasteiger partial charge in [-0.2, -0.15) is 13.2 Å². The third kappa shape index (κ3) is 3.79. The second-order valence-electron chi connectivity index (χ2n) is 6.36. The predicted octanol–water partition coefficient (Wildman–Crippen LogP) is 3.07. The van der Waals surface area contributed by atoms with Crippen LogP contribution in [0.15, 0.2) is 30.6 Å². The van der Waals surface area contributed by atoms with E-state index in [2.05, 4.69) is 9.97 Å². The number of carbonyl (C=O) groups excluding carboxylic acids is 1. The van der Waals surface area contributed by atoms with Crippen molar-refractivity contribution >= 4 is 11.7 Å². The molecule has 1 aliphatic heterocycles. The summed E-state index contributed by atoms with van der Waals surface area (Å²) in [6, 6.07) is 6.68. The number of aromatic nitrogens is 2. The number of aryl methyl sites for hydroxylation is 2. The van der Waals surface area contributed by atoms with Crippen LogP contribution >= 0.6 is 0 Å². The zero-order valence-corrected chi connectivity index (χ0v) is 14.5. The molecule has 0 spiro atoms. The molecule has 2 aromatic rings. The van der Waals surface area contributed by atoms with Crippen molar-refractivity contribution in [1.82, 2.24) is 14.9 Å². The number of carbonyl (C=O) groups is 1. The summed E-state index contributed by atoms with van der Waals surface area (Å²) in [5.74, 6) is 0.177. The van der Waals surface area contributed by atoms with Crippen LogP contribution in [0, 0.1) is 13.8 Å². The van der Waals surface area contributed by atoms with Crippen molar-refractivity contribution in [3.63, 3.8) is 0 Å². The van der Waals surface area contributed by atoms with Crippen LogP contribution in [0.25, 0.3) is 0 Å². The fourth-order valence-corrected chi connectivity index (χ4v) is 2.95. The first-order chi connectivity index (χ1) is 12.3. The molecular weight excluding hydrogens is 345 g/mol. The monoisotopic (exact) mass is 364 g/mol. The molecule has 0 saturated carbocycles. The van der Waals surface area contributed by atoms with Gasteiger partial charge < -0.3 is 9.80 Å². The van der Waals surface area contributed by atoms with E-state index in [1.807, 2.05) is 32.0 Å². The molecule has 138 valence electrons. The molecule has 5 nitrogen and oxygen atoms in total. The highest BCUT2D eigenvalue weighted by Crippen LogP contribution is 2.29. The molecule has 26 heavy (non-hydrogen) atoms. The second kappa shape index (κ2) is 6.93. The van der Waals surface area contributed by atoms with Crippen LogP contribution in [0.1, 0.15) is 27.2 Å². The lowest BCUT2D eigenvalue weighted by Crippen LogP contribution is -2.49. The van der Waals surface area contributed by atoms with Crippen molar-refractivity contribution in [2.24, 2.45) is 0 Å². The molecule has 0 radical (unpaired) electrons. The van der Waals surface area contributed by atoms with E-state index in [9.17, 15) is 18.0 Å². The predicted molar refractivity (Wildman–Crippen MR) is 91.1 cm³/mol. The number of nitrogens with zero attached hydrogens (tertiary/aromatic N) is 4. The van der Waals surface area contributed by atoms with E-state index in [0.717, 1.165) is 23.5 Å². The summed E-state index contributed by atoms with van der Waals surface area (Å²) in [4.78, 5) is 23.4. The molecule has 3 rings (SSSR count). The van der Waals surface area contributed by atoms with Crippen molar-refractivity contribution in [2.75, 3.05) is 31.1 Å². The first-order valence-corrected chi connectivity index (χ1v) is 8.26. The highest BCUT2D eigenvalue weighted by atomic mass is 19.4. The van der Waals surface area contributed by atoms with Gasteiger partial charge in [0.25, 0.3) is 5.91 Å². The summed E-state index contributed by atoms with van der Waals surface area (Å²) in [6.07, 6.45) is -3.58. The molecule has 1 aromatic heterocycles. The molecular formula is C18H19F3N4O. The van der Waals surface area contributed by atoms with Gasteiger partial charge in [-0.25, -0.2) is 9.97 Å². The highest BCUT2D eigenvalue weighted by molar-refractivity contribution is 5.96. The SMILES string of the molecule is Cc1ccc(C)c(C(=O)N2CCN(c3cc(C(F)(F)F)ncn3)CC2)c1. The fourth-order valence-electron chi connectivity index (χ4n) is 2.95. The fraction of sp³-hybridized carbons (Fsp3) is 0.389. The zero-order chi connectivity index (χ0) is 18.9. The van der Waals surface area contributed by atoms with Crippen LogP contribution in [0.4, 0.5) is 19.0 Å². The summed E-state index contributed by atoms with van der Waals surface area (Å²) in [5.41, 5.74) is 1.63. The maximum atomic E-state index is 12.8. The second-order valence-corrected chi connectivity index (χ2v) is 6.36. The van der Waals surface area contributed by atoms with E-state index in [1.54, 1.807) is 9.80 Å². The topological polar surface area (TPSA) is 49.3 Å². The van der Waals surface area contributed by atoms with Crippen LogP contribution < -0.4 is 4.90 Å². The summed E-state index contributed by atoms with van der Waals surface area (Å²) >= 11 is 0. The summed E-state index contributed by atoms with van der Waals surface area (Å²) in [5, 5.41) is 0. The molecule has 1 aromatic carbocycles. The molecule has 0 bridgehead atoms. The Morgan fingerprint density at radius 3 is 2.38 bits per heavy atom. The highest BCUT2D eigenvalue weighted by Gasteiger charge is 2.33. The van der Waals surface area contributed by atoms with Gasteiger partial charge in [0.1, 0.15) is 17.8 Å². The minimum atomic E-state index is -4.50. The number of alkyl halides is 3. The van der Waals surface area contributed by atoms with Gasteiger partial charge in [-0.15, -0.1) is 0 Å². The number of rotatable bonds is 2. The quantitative estimate of drug-likeness (QED) is 0.822. The lowest BCUT2D eigenvalue weighted by Gasteiger charge is -2.35. The summed E-state index contributed by atoms with van der Waals surface area (Å²) in [6.45, 7) is 5.52. The smallest absolute Gasteiger partial charge is 0.353 e. The molecule has 2 heterocycles. The Morgan fingerprint density at radius 1 is 1.04 bits per heavy atom. The number of benzene rings is 1. The van der Waals surface area contributed by atoms with Crippen molar-refractivity contribution in [1.29, 1.82) is 0 Å². The number of amides is 1. The molecule has 0 aliphatic carbocycles. The van der Waals surface area contributed by atoms with Gasteiger partial charge >= 0.3 is 6.18 Å². The number of anilines is 1. The van der Waals surface area contributed by atoms with Gasteiger partial charge in [0, 0.05) is 37.8 Å². The Kier molecular flexibility index (Phi) is 4.84. The Labute approximate surface area is 149 Å². The van der Waals surface area contributed by atoms with Crippen molar-refractivity contribution < 1.29 is 18.0 Å². The number of hydrogen-bond donors (Lipinski definition) is 0. The molecule has 1 fully saturated rings. The maximum Gasteiger partial charge on any atom is 0.433 e. The van der Waals surface area contributed by atoms with E-state index >= 15 is 0 Å². The van der Waals surface area contributed by atoms with E-state index in [4.69, 9.17) is 0 Å². The van der Waals surface area contributed by atoms with Gasteiger partial charge in [0.05, 0.1) is 0 Å². The number of hydrogen-bond acceptors (Lipinski definition) is 4. The Balaban J connectivity index is 1.70. The molecule has 1 saturated heterocycles. The molecule has 0 atom stereocenters. The van der Waals surface area contributed by atoms with E-state index in [0.29, 0.717) is 31.7 Å². The van der Waals surface area contributed by atoms with Crippen molar-refractivity contribution in [3.05, 3.63) is 53.0 Å². The Hall–Kier alpha value is -2.64. The average molecular weight is 364 g/mol. The molecule has 0 N–H and O–H groups in total. The van der Waals surface area contributed by atoms with Crippen molar-refractivity contribution in [3.8, 4) is 0 Å². The first-order valence-electron chi connectivity index (χ1n) is 8.26. The van der Waals surface area contributed by atoms with E-state index < -0.39 is 11.9 Å². The lowest BCUT2D eigenvalue weighted by atomic mass is 10.0. The Morgan fingerprint density at radius 2 is 1.73 bits per heavy atom. The summed E-state index contributed by atoms with van der Waals surface area (Å²) in [7, 11) is 0. The van der Waals surface area contributed by atoms with Gasteiger partial charge in [-0.3, -0.25) is 4.79 Å². The molecule has 1 amide bonds. The molecule has 1 aliphatic rings. The van der Waals surface area contributed by atoms with Gasteiger partial charge in [0.15, 0.2) is 0 Å². The molecule has 0 unspecified atom stereocenters. The zero-order valence-electron chi connectivity index (χ0n) is 14.5. The number of piperazine rings is 1. The minimum Gasteiger partial charge on any atom is -0.353 e. The normalized spacial score (nSPS) is 15.3. The third-order valence-corrected chi connectivity index (χ3v) is 4.46. The standard InChI is InChI=1S/C18H19F3N4O/c1-12-3-4-13(2)14(9-12)17(26)25-7-5-24(6-8-25)16-10-15(18(19,20)21)22-11-23-16/h3-4,9-11H,5-8H2,1-2H3. The lowest BCUT2D eigenvalue weighted by molar-refractivity contribution is -0.141. The van der Waals surface area contributed by atoms with Crippen LogP contribution in [0.5, 0.6) is 0 Å². The van der Waals surface area contributed by atoms with Crippen LogP contribution in [-0.4, -0.2) is 47.0 Å². The van der Waals surface area contributed by atoms with E-state index in [1.165, 1.54) is 0 Å². The largest absolute Gasteiger partial charge is 0.433 e. The van der Waals surface area contributed by atoms with Gasteiger partial charge in [0.2, 0.25) is 0 Å². The van der Waals surface area contributed by atoms with Crippen LogP contribution in [0.3, 0.4) is 0 Å². The maximum absolute atomic E-state index is 12.8. The Bertz CT molecular complexity index is 814. The summed E-state index contributed by atoms with van der Waals surface area (Å²) < 4.78 is 38.4. The first kappa shape index (κ1) is 18.2. The van der Waals surface area contributed by atoms with Gasteiger partial charge in [-0.05, 0) is 25.5 Å². The molecule has 8 heteroatoms. The van der Waals surface area contributed by atoms with Crippen LogP contribution in [0.2, 0.25) is 0 Å². The van der Waals surface area contributed by atoms with Gasteiger partial charge in [-0.1, -0.05) is 17.7 Å². The number of halogens is 3.